The van der Waals surface area contributed by atoms with Crippen LogP contribution in [-0.2, 0) is 11.3 Å². The molecular formula is C24H27N3O3. The van der Waals surface area contributed by atoms with Gasteiger partial charge in [0.05, 0.1) is 18.4 Å². The Bertz CT molecular complexity index is 963. The minimum atomic E-state index is -0.250. The quantitative estimate of drug-likeness (QED) is 0.572. The Labute approximate surface area is 177 Å². The summed E-state index contributed by atoms with van der Waals surface area (Å²) in [5.41, 5.74) is 3.07. The monoisotopic (exact) mass is 405 g/mol. The van der Waals surface area contributed by atoms with Crippen LogP contribution < -0.4 is 9.64 Å². The van der Waals surface area contributed by atoms with E-state index in [-0.39, 0.29) is 11.9 Å². The zero-order chi connectivity index (χ0) is 20.9. The number of piperazine rings is 1. The number of nitrogens with zero attached hydrogens (tertiary/aromatic N) is 3. The van der Waals surface area contributed by atoms with Crippen LogP contribution in [0, 0.1) is 5.92 Å². The number of esters is 1. The fourth-order valence-corrected chi connectivity index (χ4v) is 3.59. The number of benzene rings is 1. The van der Waals surface area contributed by atoms with Crippen molar-refractivity contribution < 1.29 is 13.9 Å². The number of carbonyl (C=O) groups is 1. The van der Waals surface area contributed by atoms with Gasteiger partial charge in [0.1, 0.15) is 0 Å². The molecule has 3 aromatic rings. The Hall–Kier alpha value is -3.12. The normalized spacial score (nSPS) is 14.8. The molecule has 6 nitrogen and oxygen atoms in total. The van der Waals surface area contributed by atoms with Gasteiger partial charge in [-0.15, -0.1) is 0 Å². The lowest BCUT2D eigenvalue weighted by molar-refractivity contribution is -0.137. The molecule has 1 fully saturated rings. The van der Waals surface area contributed by atoms with E-state index in [0.29, 0.717) is 5.75 Å². The Morgan fingerprint density at radius 1 is 1.10 bits per heavy atom. The van der Waals surface area contributed by atoms with Crippen molar-refractivity contribution in [3.05, 3.63) is 66.8 Å². The number of furan rings is 1. The third-order valence-electron chi connectivity index (χ3n) is 5.30. The summed E-state index contributed by atoms with van der Waals surface area (Å²) in [5.74, 6) is 0.813. The second kappa shape index (κ2) is 9.13. The maximum Gasteiger partial charge on any atom is 0.313 e. The van der Waals surface area contributed by atoms with Crippen molar-refractivity contribution in [1.29, 1.82) is 0 Å². The molecule has 0 spiro atoms. The standard InChI is InChI=1S/C24H27N3O3/c1-18(2)24(28)30-22-21(20-6-4-3-5-7-20)8-10-25-23(22)27-13-11-26(12-14-27)16-19-9-15-29-17-19/h3-10,15,17-18H,11-14,16H2,1-2H3. The zero-order valence-electron chi connectivity index (χ0n) is 17.5. The summed E-state index contributed by atoms with van der Waals surface area (Å²) in [5, 5.41) is 0. The highest BCUT2D eigenvalue weighted by molar-refractivity contribution is 5.83. The second-order valence-electron chi connectivity index (χ2n) is 7.85. The van der Waals surface area contributed by atoms with Crippen LogP contribution in [0.25, 0.3) is 11.1 Å². The molecule has 1 aliphatic rings. The Kier molecular flexibility index (Phi) is 6.14. The van der Waals surface area contributed by atoms with Gasteiger partial charge >= 0.3 is 5.97 Å². The van der Waals surface area contributed by atoms with Gasteiger partial charge in [-0.25, -0.2) is 4.98 Å². The van der Waals surface area contributed by atoms with Crippen molar-refractivity contribution in [2.75, 3.05) is 31.1 Å². The van der Waals surface area contributed by atoms with Crippen molar-refractivity contribution in [2.24, 2.45) is 5.92 Å². The molecule has 0 bridgehead atoms. The molecule has 0 unspecified atom stereocenters. The van der Waals surface area contributed by atoms with Gasteiger partial charge in [0, 0.05) is 50.0 Å². The summed E-state index contributed by atoms with van der Waals surface area (Å²) in [7, 11) is 0. The second-order valence-corrected chi connectivity index (χ2v) is 7.85. The Morgan fingerprint density at radius 2 is 1.87 bits per heavy atom. The van der Waals surface area contributed by atoms with Crippen molar-refractivity contribution in [3.63, 3.8) is 0 Å². The summed E-state index contributed by atoms with van der Waals surface area (Å²) in [6.45, 7) is 7.99. The minimum absolute atomic E-state index is 0.214. The lowest BCUT2D eigenvalue weighted by atomic mass is 10.1. The van der Waals surface area contributed by atoms with Gasteiger partial charge in [-0.2, -0.15) is 0 Å². The van der Waals surface area contributed by atoms with E-state index in [1.807, 2.05) is 56.3 Å². The first kappa shape index (κ1) is 20.2. The number of pyridine rings is 1. The van der Waals surface area contributed by atoms with Gasteiger partial charge in [-0.1, -0.05) is 44.2 Å². The van der Waals surface area contributed by atoms with Crippen molar-refractivity contribution in [3.8, 4) is 16.9 Å². The van der Waals surface area contributed by atoms with Gasteiger partial charge in [0.25, 0.3) is 0 Å². The van der Waals surface area contributed by atoms with Gasteiger partial charge in [-0.05, 0) is 17.7 Å². The van der Waals surface area contributed by atoms with Crippen LogP contribution in [-0.4, -0.2) is 42.0 Å². The van der Waals surface area contributed by atoms with Gasteiger partial charge in [-0.3, -0.25) is 9.69 Å². The van der Waals surface area contributed by atoms with E-state index < -0.39 is 0 Å². The molecule has 1 saturated heterocycles. The average Bonchev–Trinajstić information content (AvgIpc) is 3.28. The molecule has 156 valence electrons. The summed E-state index contributed by atoms with van der Waals surface area (Å²) in [6.07, 6.45) is 5.29. The molecule has 6 heteroatoms. The van der Waals surface area contributed by atoms with Crippen molar-refractivity contribution >= 4 is 11.8 Å². The highest BCUT2D eigenvalue weighted by Crippen LogP contribution is 2.38. The van der Waals surface area contributed by atoms with E-state index in [0.717, 1.165) is 49.7 Å². The molecule has 4 rings (SSSR count). The number of hydrogen-bond donors (Lipinski definition) is 0. The first-order valence-corrected chi connectivity index (χ1v) is 10.4. The highest BCUT2D eigenvalue weighted by Gasteiger charge is 2.25. The summed E-state index contributed by atoms with van der Waals surface area (Å²) in [4.78, 5) is 21.7. The largest absolute Gasteiger partial charge is 0.472 e. The van der Waals surface area contributed by atoms with Crippen LogP contribution in [0.15, 0.2) is 65.6 Å². The molecule has 1 aromatic carbocycles. The summed E-state index contributed by atoms with van der Waals surface area (Å²) < 4.78 is 11.1. The van der Waals surface area contributed by atoms with Crippen LogP contribution in [0.5, 0.6) is 5.75 Å². The van der Waals surface area contributed by atoms with E-state index in [2.05, 4.69) is 14.8 Å². The number of anilines is 1. The molecule has 0 amide bonds. The number of carbonyl (C=O) groups excluding carboxylic acids is 1. The van der Waals surface area contributed by atoms with E-state index in [9.17, 15) is 4.79 Å². The molecule has 2 aromatic heterocycles. The highest BCUT2D eigenvalue weighted by atomic mass is 16.5. The number of hydrogen-bond acceptors (Lipinski definition) is 6. The van der Waals surface area contributed by atoms with E-state index in [4.69, 9.17) is 9.15 Å². The van der Waals surface area contributed by atoms with Crippen molar-refractivity contribution in [2.45, 2.75) is 20.4 Å². The maximum absolute atomic E-state index is 12.5. The van der Waals surface area contributed by atoms with E-state index >= 15 is 0 Å². The molecule has 0 saturated carbocycles. The predicted molar refractivity (Wildman–Crippen MR) is 116 cm³/mol. The van der Waals surface area contributed by atoms with E-state index in [1.165, 1.54) is 5.56 Å². The van der Waals surface area contributed by atoms with Crippen LogP contribution in [0.4, 0.5) is 5.82 Å². The summed E-state index contributed by atoms with van der Waals surface area (Å²) in [6, 6.07) is 13.9. The molecule has 3 heterocycles. The van der Waals surface area contributed by atoms with Gasteiger partial charge in [0.15, 0.2) is 11.6 Å². The number of ether oxygens (including phenoxy) is 1. The number of aromatic nitrogens is 1. The van der Waals surface area contributed by atoms with Crippen LogP contribution in [0.1, 0.15) is 19.4 Å². The molecule has 30 heavy (non-hydrogen) atoms. The fraction of sp³-hybridized carbons (Fsp3) is 0.333. The smallest absolute Gasteiger partial charge is 0.313 e. The molecular weight excluding hydrogens is 378 g/mol. The van der Waals surface area contributed by atoms with Crippen LogP contribution in [0.2, 0.25) is 0 Å². The molecule has 1 aliphatic heterocycles. The molecule has 0 aliphatic carbocycles. The SMILES string of the molecule is CC(C)C(=O)Oc1c(-c2ccccc2)ccnc1N1CCN(Cc2ccoc2)CC1. The van der Waals surface area contributed by atoms with Crippen LogP contribution in [0.3, 0.4) is 0 Å². The predicted octanol–water partition coefficient (Wildman–Crippen LogP) is 4.23. The lowest BCUT2D eigenvalue weighted by Crippen LogP contribution is -2.46. The van der Waals surface area contributed by atoms with Crippen molar-refractivity contribution in [1.82, 2.24) is 9.88 Å². The Balaban J connectivity index is 1.58. The lowest BCUT2D eigenvalue weighted by Gasteiger charge is -2.36. The number of rotatable bonds is 6. The average molecular weight is 405 g/mol. The minimum Gasteiger partial charge on any atom is -0.472 e. The third kappa shape index (κ3) is 4.54. The zero-order valence-corrected chi connectivity index (χ0v) is 17.5. The Morgan fingerprint density at radius 3 is 2.53 bits per heavy atom. The first-order valence-electron chi connectivity index (χ1n) is 10.4. The fourth-order valence-electron chi connectivity index (χ4n) is 3.59. The molecule has 0 atom stereocenters. The van der Waals surface area contributed by atoms with Gasteiger partial charge in [0.2, 0.25) is 0 Å². The summed E-state index contributed by atoms with van der Waals surface area (Å²) >= 11 is 0. The third-order valence-corrected chi connectivity index (χ3v) is 5.30. The first-order chi connectivity index (χ1) is 14.6. The van der Waals surface area contributed by atoms with E-state index in [1.54, 1.807) is 18.7 Å². The van der Waals surface area contributed by atoms with Gasteiger partial charge < -0.3 is 14.1 Å². The topological polar surface area (TPSA) is 58.8 Å². The molecule has 0 N–H and O–H groups in total. The molecule has 0 radical (unpaired) electrons. The van der Waals surface area contributed by atoms with Crippen LogP contribution >= 0.6 is 0 Å². The maximum atomic E-state index is 12.5.